The number of ether oxygens (including phenoxy) is 1. The Balaban J connectivity index is 1.39. The average Bonchev–Trinajstić information content (AvgIpc) is 3.15. The number of halogens is 5. The van der Waals surface area contributed by atoms with Crippen molar-refractivity contribution in [2.75, 3.05) is 6.61 Å². The quantitative estimate of drug-likeness (QED) is 0.324. The second kappa shape index (κ2) is 9.65. The van der Waals surface area contributed by atoms with Crippen molar-refractivity contribution in [3.05, 3.63) is 0 Å². The molecule has 0 aromatic carbocycles. The summed E-state index contributed by atoms with van der Waals surface area (Å²) in [6.45, 7) is 4.51. The van der Waals surface area contributed by atoms with E-state index in [2.05, 4.69) is 18.6 Å². The SMILES string of the molecule is C[C@H](CCC(=O)OCC(F)(F)C(F)(F)F)[C@H]1CC[C@H]2[C@@H]3CC[C@@H]4C[C@H](O)CC[C@]4(C)[C@H]3C[C@H](O)[C@]12C. The minimum Gasteiger partial charge on any atom is -0.459 e. The molecule has 36 heavy (non-hydrogen) atoms. The Labute approximate surface area is 210 Å². The first-order valence-corrected chi connectivity index (χ1v) is 13.6. The van der Waals surface area contributed by atoms with E-state index in [9.17, 15) is 37.0 Å². The van der Waals surface area contributed by atoms with E-state index < -0.39 is 30.8 Å². The highest BCUT2D eigenvalue weighted by Gasteiger charge is 2.64. The molecule has 0 radical (unpaired) electrons. The van der Waals surface area contributed by atoms with E-state index in [0.29, 0.717) is 30.1 Å². The fraction of sp³-hybridized carbons (Fsp3) is 0.963. The second-order valence-electron chi connectivity index (χ2n) is 12.8. The molecule has 208 valence electrons. The van der Waals surface area contributed by atoms with Crippen molar-refractivity contribution in [2.24, 2.45) is 46.3 Å². The molecule has 0 aromatic heterocycles. The average molecular weight is 525 g/mol. The maximum Gasteiger partial charge on any atom is 0.456 e. The fourth-order valence-corrected chi connectivity index (χ4v) is 9.03. The van der Waals surface area contributed by atoms with Crippen LogP contribution in [-0.4, -0.2) is 47.1 Å². The van der Waals surface area contributed by atoms with Crippen molar-refractivity contribution in [3.8, 4) is 0 Å². The van der Waals surface area contributed by atoms with E-state index in [1.54, 1.807) is 0 Å². The topological polar surface area (TPSA) is 66.8 Å². The largest absolute Gasteiger partial charge is 0.459 e. The number of aliphatic hydroxyl groups excluding tert-OH is 2. The Bertz CT molecular complexity index is 818. The highest BCUT2D eigenvalue weighted by Crippen LogP contribution is 2.68. The first-order chi connectivity index (χ1) is 16.6. The van der Waals surface area contributed by atoms with Crippen molar-refractivity contribution in [2.45, 2.75) is 109 Å². The lowest BCUT2D eigenvalue weighted by molar-refractivity contribution is -0.294. The summed E-state index contributed by atoms with van der Waals surface area (Å²) in [6, 6.07) is 0. The van der Waals surface area contributed by atoms with Crippen LogP contribution in [0, 0.1) is 46.3 Å². The highest BCUT2D eigenvalue weighted by atomic mass is 19.4. The summed E-state index contributed by atoms with van der Waals surface area (Å²) < 4.78 is 67.3. The number of rotatable bonds is 6. The lowest BCUT2D eigenvalue weighted by Crippen LogP contribution is -2.58. The number of carbonyl (C=O) groups excluding carboxylic acids is 1. The number of fused-ring (bicyclic) bond motifs is 5. The van der Waals surface area contributed by atoms with Crippen LogP contribution in [0.1, 0.15) is 85.0 Å². The van der Waals surface area contributed by atoms with E-state index in [1.807, 2.05) is 6.92 Å². The van der Waals surface area contributed by atoms with Gasteiger partial charge < -0.3 is 14.9 Å². The number of aliphatic hydroxyl groups is 2. The van der Waals surface area contributed by atoms with E-state index in [4.69, 9.17) is 0 Å². The molecule has 0 saturated heterocycles. The Hall–Kier alpha value is -0.960. The van der Waals surface area contributed by atoms with Crippen LogP contribution < -0.4 is 0 Å². The van der Waals surface area contributed by atoms with Crippen molar-refractivity contribution in [1.29, 1.82) is 0 Å². The van der Waals surface area contributed by atoms with Crippen LogP contribution in [0.5, 0.6) is 0 Å². The maximum atomic E-state index is 13.1. The molecular formula is C27H41F5O4. The summed E-state index contributed by atoms with van der Waals surface area (Å²) in [7, 11) is 0. The predicted molar refractivity (Wildman–Crippen MR) is 123 cm³/mol. The van der Waals surface area contributed by atoms with Crippen molar-refractivity contribution in [1.82, 2.24) is 0 Å². The molecule has 9 heteroatoms. The van der Waals surface area contributed by atoms with Gasteiger partial charge in [-0.2, -0.15) is 22.0 Å². The van der Waals surface area contributed by atoms with Gasteiger partial charge in [-0.3, -0.25) is 4.79 Å². The van der Waals surface area contributed by atoms with Gasteiger partial charge in [0.25, 0.3) is 0 Å². The third kappa shape index (κ3) is 4.69. The standard InChI is InChI=1S/C27H41F5O4/c1-15(4-9-23(35)36-14-26(28,29)27(30,31)32)19-7-8-20-18-6-5-16-12-17(33)10-11-24(16,2)21(18)13-22(34)25(19,20)3/h15-22,33-34H,4-14H2,1-3H3/t15-,16-,17-,18+,19-,20+,21+,22+,24+,25-/m1/s1. The minimum atomic E-state index is -5.75. The lowest BCUT2D eigenvalue weighted by atomic mass is 9.43. The molecule has 0 heterocycles. The Morgan fingerprint density at radius 3 is 2.36 bits per heavy atom. The first kappa shape index (κ1) is 28.1. The first-order valence-electron chi connectivity index (χ1n) is 13.6. The zero-order valence-electron chi connectivity index (χ0n) is 21.5. The third-order valence-electron chi connectivity index (χ3n) is 11.1. The molecule has 0 unspecified atom stereocenters. The molecule has 0 aromatic rings. The molecule has 10 atom stereocenters. The molecule has 4 aliphatic carbocycles. The number of hydrogen-bond donors (Lipinski definition) is 2. The fourth-order valence-electron chi connectivity index (χ4n) is 9.03. The molecule has 4 aliphatic rings. The van der Waals surface area contributed by atoms with Gasteiger partial charge in [-0.05, 0) is 104 Å². The Kier molecular flexibility index (Phi) is 7.52. The van der Waals surface area contributed by atoms with E-state index in [1.165, 1.54) is 0 Å². The Morgan fingerprint density at radius 2 is 1.69 bits per heavy atom. The third-order valence-corrected chi connectivity index (χ3v) is 11.1. The molecule has 4 nitrogen and oxygen atoms in total. The van der Waals surface area contributed by atoms with Gasteiger partial charge in [0.1, 0.15) is 0 Å². The van der Waals surface area contributed by atoms with Crippen molar-refractivity contribution >= 4 is 5.97 Å². The maximum absolute atomic E-state index is 13.1. The molecule has 0 amide bonds. The summed E-state index contributed by atoms with van der Waals surface area (Å²) in [4.78, 5) is 12.0. The second-order valence-corrected chi connectivity index (χ2v) is 12.8. The van der Waals surface area contributed by atoms with Gasteiger partial charge in [0, 0.05) is 6.42 Å². The van der Waals surface area contributed by atoms with Crippen LogP contribution in [0.2, 0.25) is 0 Å². The predicted octanol–water partition coefficient (Wildman–Crippen LogP) is 6.13. The summed E-state index contributed by atoms with van der Waals surface area (Å²) in [6.07, 6.45) is 1.13. The van der Waals surface area contributed by atoms with Crippen LogP contribution in [-0.2, 0) is 9.53 Å². The number of alkyl halides is 5. The smallest absolute Gasteiger partial charge is 0.456 e. The number of hydrogen-bond acceptors (Lipinski definition) is 4. The van der Waals surface area contributed by atoms with Gasteiger partial charge >= 0.3 is 18.1 Å². The van der Waals surface area contributed by atoms with Gasteiger partial charge in [-0.1, -0.05) is 20.8 Å². The number of esters is 1. The molecule has 0 bridgehead atoms. The molecular weight excluding hydrogens is 483 g/mol. The van der Waals surface area contributed by atoms with Gasteiger partial charge in [-0.15, -0.1) is 0 Å². The van der Waals surface area contributed by atoms with Crippen molar-refractivity contribution < 1.29 is 41.7 Å². The Morgan fingerprint density at radius 1 is 1.00 bits per heavy atom. The summed E-state index contributed by atoms with van der Waals surface area (Å²) in [5.41, 5.74) is -0.179. The van der Waals surface area contributed by atoms with E-state index in [-0.39, 0.29) is 35.2 Å². The van der Waals surface area contributed by atoms with Crippen LogP contribution in [0.15, 0.2) is 0 Å². The van der Waals surface area contributed by atoms with E-state index in [0.717, 1.165) is 51.4 Å². The van der Waals surface area contributed by atoms with Gasteiger partial charge in [-0.25, -0.2) is 0 Å². The molecule has 4 saturated carbocycles. The lowest BCUT2D eigenvalue weighted by Gasteiger charge is -2.62. The highest BCUT2D eigenvalue weighted by molar-refractivity contribution is 5.69. The number of carbonyl (C=O) groups is 1. The summed E-state index contributed by atoms with van der Waals surface area (Å²) >= 11 is 0. The molecule has 4 rings (SSSR count). The van der Waals surface area contributed by atoms with Crippen LogP contribution in [0.3, 0.4) is 0 Å². The molecule has 2 N–H and O–H groups in total. The zero-order valence-corrected chi connectivity index (χ0v) is 21.5. The van der Waals surface area contributed by atoms with Crippen molar-refractivity contribution in [3.63, 3.8) is 0 Å². The van der Waals surface area contributed by atoms with Crippen LogP contribution in [0.25, 0.3) is 0 Å². The summed E-state index contributed by atoms with van der Waals surface area (Å²) in [5, 5.41) is 21.8. The molecule has 4 fully saturated rings. The van der Waals surface area contributed by atoms with Gasteiger partial charge in [0.2, 0.25) is 0 Å². The molecule has 0 spiro atoms. The minimum absolute atomic E-state index is 0.00127. The summed E-state index contributed by atoms with van der Waals surface area (Å²) in [5.74, 6) is -4.18. The van der Waals surface area contributed by atoms with Gasteiger partial charge in [0.15, 0.2) is 6.61 Å². The van der Waals surface area contributed by atoms with Crippen LogP contribution in [0.4, 0.5) is 22.0 Å². The normalized spacial score (nSPS) is 43.8. The van der Waals surface area contributed by atoms with Crippen LogP contribution >= 0.6 is 0 Å². The zero-order chi connectivity index (χ0) is 26.7. The van der Waals surface area contributed by atoms with Gasteiger partial charge in [0.05, 0.1) is 12.2 Å². The van der Waals surface area contributed by atoms with E-state index >= 15 is 0 Å². The monoisotopic (exact) mass is 524 g/mol. The molecule has 0 aliphatic heterocycles.